The van der Waals surface area contributed by atoms with Gasteiger partial charge in [0.25, 0.3) is 0 Å². The lowest BCUT2D eigenvalue weighted by Gasteiger charge is -2.37. The van der Waals surface area contributed by atoms with Crippen LogP contribution in [0.15, 0.2) is 59.8 Å². The van der Waals surface area contributed by atoms with E-state index in [2.05, 4.69) is 52.1 Å². The van der Waals surface area contributed by atoms with E-state index in [1.807, 2.05) is 36.4 Å². The minimum atomic E-state index is -1.03. The van der Waals surface area contributed by atoms with Crippen LogP contribution in [-0.2, 0) is 19.8 Å². The number of carboxylic acid groups (broad SMARTS) is 1. The first-order chi connectivity index (χ1) is 16.4. The highest BCUT2D eigenvalue weighted by molar-refractivity contribution is 6.06. The number of nitrogens with one attached hydrogen (secondary N) is 1. The van der Waals surface area contributed by atoms with E-state index in [-0.39, 0.29) is 35.4 Å². The monoisotopic (exact) mass is 474 g/mol. The Balaban J connectivity index is 1.94. The average molecular weight is 475 g/mol. The number of hydrogen-bond acceptors (Lipinski definition) is 4. The molecule has 2 aliphatic rings. The highest BCUT2D eigenvalue weighted by Gasteiger charge is 2.43. The molecule has 0 aromatic heterocycles. The summed E-state index contributed by atoms with van der Waals surface area (Å²) in [5, 5.41) is 12.7. The predicted octanol–water partition coefficient (Wildman–Crippen LogP) is 5.99. The quantitative estimate of drug-likeness (QED) is 0.568. The van der Waals surface area contributed by atoms with Gasteiger partial charge in [-0.05, 0) is 40.5 Å². The first kappa shape index (κ1) is 24.7. The zero-order chi connectivity index (χ0) is 25.5. The van der Waals surface area contributed by atoms with E-state index in [0.29, 0.717) is 24.1 Å². The lowest BCUT2D eigenvalue weighted by molar-refractivity contribution is -0.138. The Morgan fingerprint density at radius 1 is 1.03 bits per heavy atom. The zero-order valence-electron chi connectivity index (χ0n) is 21.1. The van der Waals surface area contributed by atoms with Gasteiger partial charge in [-0.1, -0.05) is 71.0 Å². The van der Waals surface area contributed by atoms with Gasteiger partial charge < -0.3 is 10.4 Å². The van der Waals surface area contributed by atoms with Crippen molar-refractivity contribution in [3.8, 4) is 0 Å². The first-order valence-electron chi connectivity index (χ1n) is 12.1. The summed E-state index contributed by atoms with van der Waals surface area (Å²) in [7, 11) is 0. The number of carbonyl (C=O) groups is 3. The van der Waals surface area contributed by atoms with Gasteiger partial charge in [-0.3, -0.25) is 19.3 Å². The van der Waals surface area contributed by atoms with Gasteiger partial charge in [-0.25, -0.2) is 0 Å². The molecule has 1 aliphatic heterocycles. The van der Waals surface area contributed by atoms with Gasteiger partial charge in [0.15, 0.2) is 5.78 Å². The molecule has 2 aromatic rings. The largest absolute Gasteiger partial charge is 0.481 e. The Labute approximate surface area is 207 Å². The first-order valence-corrected chi connectivity index (χ1v) is 12.1. The Kier molecular flexibility index (Phi) is 6.34. The molecule has 1 heterocycles. The maximum absolute atomic E-state index is 13.7. The molecule has 2 aromatic carbocycles. The number of aliphatic carboxylic acids is 1. The minimum Gasteiger partial charge on any atom is -0.481 e. The van der Waals surface area contributed by atoms with Gasteiger partial charge in [0, 0.05) is 24.1 Å². The SMILES string of the molecule is CC1(C)CC(=O)C2=C(C1)Nc1ccccc1N(C(=O)CCC(=O)O)[C@@H]2c1ccc(C(C)(C)C)cc1. The Morgan fingerprint density at radius 3 is 2.31 bits per heavy atom. The summed E-state index contributed by atoms with van der Waals surface area (Å²) in [6.07, 6.45) is 0.643. The second kappa shape index (κ2) is 8.99. The molecule has 1 amide bonds. The molecule has 0 unspecified atom stereocenters. The van der Waals surface area contributed by atoms with E-state index in [1.54, 1.807) is 4.90 Å². The van der Waals surface area contributed by atoms with Gasteiger partial charge in [0.05, 0.1) is 23.8 Å². The van der Waals surface area contributed by atoms with Gasteiger partial charge in [0.2, 0.25) is 5.91 Å². The molecular weight excluding hydrogens is 440 g/mol. The Hall–Kier alpha value is -3.41. The molecule has 1 aliphatic carbocycles. The number of fused-ring (bicyclic) bond motifs is 1. The molecule has 0 radical (unpaired) electrons. The summed E-state index contributed by atoms with van der Waals surface area (Å²) in [5.41, 5.74) is 4.55. The predicted molar refractivity (Wildman–Crippen MR) is 137 cm³/mol. The standard InChI is InChI=1S/C29H34N2O4/c1-28(2,3)19-12-10-18(11-13-19)27-26-21(16-29(4,5)17-23(26)32)30-20-8-6-7-9-22(20)31(27)24(33)14-15-25(34)35/h6-13,27,30H,14-17H2,1-5H3,(H,34,35)/t27-/m1/s1. The molecule has 0 fully saturated rings. The molecule has 0 spiro atoms. The molecule has 35 heavy (non-hydrogen) atoms. The van der Waals surface area contributed by atoms with Gasteiger partial charge in [-0.2, -0.15) is 0 Å². The summed E-state index contributed by atoms with van der Waals surface area (Å²) in [6.45, 7) is 10.6. The van der Waals surface area contributed by atoms with E-state index in [1.165, 1.54) is 0 Å². The van der Waals surface area contributed by atoms with Crippen LogP contribution in [0.1, 0.15) is 77.5 Å². The number of benzene rings is 2. The number of ketones is 1. The molecule has 184 valence electrons. The van der Waals surface area contributed by atoms with Crippen LogP contribution in [0.4, 0.5) is 11.4 Å². The van der Waals surface area contributed by atoms with Crippen molar-refractivity contribution < 1.29 is 19.5 Å². The van der Waals surface area contributed by atoms with Crippen molar-refractivity contribution in [1.29, 1.82) is 0 Å². The van der Waals surface area contributed by atoms with E-state index in [4.69, 9.17) is 0 Å². The van der Waals surface area contributed by atoms with Gasteiger partial charge >= 0.3 is 5.97 Å². The number of anilines is 2. The molecule has 0 bridgehead atoms. The molecule has 6 nitrogen and oxygen atoms in total. The van der Waals surface area contributed by atoms with Crippen molar-refractivity contribution in [2.75, 3.05) is 10.2 Å². The average Bonchev–Trinajstić information content (AvgIpc) is 2.90. The van der Waals surface area contributed by atoms with Crippen molar-refractivity contribution in [1.82, 2.24) is 0 Å². The van der Waals surface area contributed by atoms with E-state index < -0.39 is 12.0 Å². The van der Waals surface area contributed by atoms with Crippen LogP contribution in [-0.4, -0.2) is 22.8 Å². The number of carbonyl (C=O) groups excluding carboxylic acids is 2. The second-order valence-corrected chi connectivity index (χ2v) is 11.4. The number of amides is 1. The number of carboxylic acids is 1. The fourth-order valence-corrected chi connectivity index (χ4v) is 5.08. The topological polar surface area (TPSA) is 86.7 Å². The van der Waals surface area contributed by atoms with Crippen LogP contribution in [0.3, 0.4) is 0 Å². The fraction of sp³-hybridized carbons (Fsp3) is 0.414. The summed E-state index contributed by atoms with van der Waals surface area (Å²) in [4.78, 5) is 40.2. The molecule has 1 atom stereocenters. The van der Waals surface area contributed by atoms with Crippen molar-refractivity contribution in [3.05, 3.63) is 70.9 Å². The molecule has 2 N–H and O–H groups in total. The number of nitrogens with zero attached hydrogens (tertiary/aromatic N) is 1. The number of para-hydroxylation sites is 2. The molecule has 6 heteroatoms. The molecular formula is C29H34N2O4. The van der Waals surface area contributed by atoms with E-state index in [9.17, 15) is 19.5 Å². The lowest BCUT2D eigenvalue weighted by Crippen LogP contribution is -2.39. The minimum absolute atomic E-state index is 0.0116. The Bertz CT molecular complexity index is 1200. The zero-order valence-corrected chi connectivity index (χ0v) is 21.1. The van der Waals surface area contributed by atoms with Gasteiger partial charge in [-0.15, -0.1) is 0 Å². The third-order valence-electron chi connectivity index (χ3n) is 6.81. The summed E-state index contributed by atoms with van der Waals surface area (Å²) < 4.78 is 0. The van der Waals surface area contributed by atoms with Crippen molar-refractivity contribution in [3.63, 3.8) is 0 Å². The number of hydrogen-bond donors (Lipinski definition) is 2. The summed E-state index contributed by atoms with van der Waals surface area (Å²) in [5.74, 6) is -1.34. The molecule has 4 rings (SSSR count). The maximum atomic E-state index is 13.7. The van der Waals surface area contributed by atoms with Gasteiger partial charge in [0.1, 0.15) is 0 Å². The summed E-state index contributed by atoms with van der Waals surface area (Å²) in [6, 6.07) is 14.9. The van der Waals surface area contributed by atoms with Crippen LogP contribution < -0.4 is 10.2 Å². The third-order valence-corrected chi connectivity index (χ3v) is 6.81. The third kappa shape index (κ3) is 5.02. The second-order valence-electron chi connectivity index (χ2n) is 11.4. The van der Waals surface area contributed by atoms with E-state index >= 15 is 0 Å². The normalized spacial score (nSPS) is 19.4. The van der Waals surface area contributed by atoms with E-state index in [0.717, 1.165) is 22.5 Å². The summed E-state index contributed by atoms with van der Waals surface area (Å²) >= 11 is 0. The maximum Gasteiger partial charge on any atom is 0.303 e. The number of Topliss-reactive ketones (excluding diaryl/α,β-unsaturated/α-hetero) is 1. The van der Waals surface area contributed by atoms with Crippen LogP contribution >= 0.6 is 0 Å². The fourth-order valence-electron chi connectivity index (χ4n) is 5.08. The molecule has 0 saturated carbocycles. The number of rotatable bonds is 4. The number of allylic oxidation sites excluding steroid dienone is 1. The highest BCUT2D eigenvalue weighted by atomic mass is 16.4. The highest BCUT2D eigenvalue weighted by Crippen LogP contribution is 2.48. The Morgan fingerprint density at radius 2 is 1.69 bits per heavy atom. The van der Waals surface area contributed by atoms with Crippen molar-refractivity contribution >= 4 is 29.0 Å². The smallest absolute Gasteiger partial charge is 0.303 e. The van der Waals surface area contributed by atoms with Crippen molar-refractivity contribution in [2.24, 2.45) is 5.41 Å². The van der Waals surface area contributed by atoms with Crippen molar-refractivity contribution in [2.45, 2.75) is 71.8 Å². The molecule has 0 saturated heterocycles. The lowest BCUT2D eigenvalue weighted by atomic mass is 9.73. The van der Waals surface area contributed by atoms with Crippen LogP contribution in [0.25, 0.3) is 0 Å². The van der Waals surface area contributed by atoms with Crippen LogP contribution in [0, 0.1) is 5.41 Å². The van der Waals surface area contributed by atoms with Crippen LogP contribution in [0.2, 0.25) is 0 Å². The van der Waals surface area contributed by atoms with Crippen LogP contribution in [0.5, 0.6) is 0 Å².